The zero-order chi connectivity index (χ0) is 27.6. The third-order valence-electron chi connectivity index (χ3n) is 5.58. The standard InChI is InChI=1S/C30H24O9/c31-19-39-25-11-5-22(6-12-25)18-38-28-14-26(36-16-20-1-7-23(8-2-20)29(32)33)13-27(15-28)37-17-21-3-9-24(10-4-21)30(34)35/h1-15,19H,16-18H2,(H,32,33)(H,34,35). The summed E-state index contributed by atoms with van der Waals surface area (Å²) in [5, 5.41) is 18.2. The summed E-state index contributed by atoms with van der Waals surface area (Å²) in [7, 11) is 0. The van der Waals surface area contributed by atoms with E-state index in [-0.39, 0.29) is 30.9 Å². The number of benzene rings is 4. The van der Waals surface area contributed by atoms with Crippen molar-refractivity contribution >= 4 is 18.4 Å². The van der Waals surface area contributed by atoms with Gasteiger partial charge in [0.05, 0.1) is 11.1 Å². The van der Waals surface area contributed by atoms with E-state index >= 15 is 0 Å². The molecular weight excluding hydrogens is 504 g/mol. The molecule has 0 aliphatic rings. The first-order valence-corrected chi connectivity index (χ1v) is 11.8. The number of carboxylic acid groups (broad SMARTS) is 2. The molecule has 0 fully saturated rings. The molecule has 0 heterocycles. The molecule has 4 rings (SSSR count). The summed E-state index contributed by atoms with van der Waals surface area (Å²) in [5.41, 5.74) is 2.79. The summed E-state index contributed by atoms with van der Waals surface area (Å²) in [6, 6.07) is 24.8. The fourth-order valence-corrected chi connectivity index (χ4v) is 3.50. The predicted octanol–water partition coefficient (Wildman–Crippen LogP) is 5.36. The summed E-state index contributed by atoms with van der Waals surface area (Å²) in [6.45, 7) is 0.979. The van der Waals surface area contributed by atoms with Crippen molar-refractivity contribution in [1.29, 1.82) is 0 Å². The van der Waals surface area contributed by atoms with Gasteiger partial charge in [-0.3, -0.25) is 4.79 Å². The van der Waals surface area contributed by atoms with Crippen molar-refractivity contribution in [1.82, 2.24) is 0 Å². The van der Waals surface area contributed by atoms with Crippen molar-refractivity contribution in [3.63, 3.8) is 0 Å². The molecule has 0 unspecified atom stereocenters. The minimum Gasteiger partial charge on any atom is -0.489 e. The first kappa shape index (κ1) is 26.7. The van der Waals surface area contributed by atoms with Gasteiger partial charge < -0.3 is 29.2 Å². The Morgan fingerprint density at radius 3 is 1.18 bits per heavy atom. The highest BCUT2D eigenvalue weighted by atomic mass is 16.5. The van der Waals surface area contributed by atoms with E-state index < -0.39 is 11.9 Å². The quantitative estimate of drug-likeness (QED) is 0.221. The lowest BCUT2D eigenvalue weighted by atomic mass is 10.1. The molecule has 39 heavy (non-hydrogen) atoms. The molecule has 4 aromatic rings. The number of carbonyl (C=O) groups excluding carboxylic acids is 1. The largest absolute Gasteiger partial charge is 0.489 e. The number of carboxylic acids is 2. The second-order valence-electron chi connectivity index (χ2n) is 8.37. The lowest BCUT2D eigenvalue weighted by Gasteiger charge is -2.14. The van der Waals surface area contributed by atoms with Crippen molar-refractivity contribution in [3.8, 4) is 23.0 Å². The van der Waals surface area contributed by atoms with Crippen LogP contribution in [0.25, 0.3) is 0 Å². The molecule has 9 heteroatoms. The van der Waals surface area contributed by atoms with Gasteiger partial charge in [-0.1, -0.05) is 36.4 Å². The molecule has 0 atom stereocenters. The molecule has 0 aromatic heterocycles. The Kier molecular flexibility index (Phi) is 8.76. The monoisotopic (exact) mass is 528 g/mol. The molecule has 4 aromatic carbocycles. The summed E-state index contributed by atoms with van der Waals surface area (Å²) in [4.78, 5) is 32.7. The molecular formula is C30H24O9. The van der Waals surface area contributed by atoms with Gasteiger partial charge in [-0.2, -0.15) is 0 Å². The van der Waals surface area contributed by atoms with Crippen LogP contribution in [0.4, 0.5) is 0 Å². The molecule has 0 spiro atoms. The number of hydrogen-bond acceptors (Lipinski definition) is 7. The molecule has 0 saturated carbocycles. The van der Waals surface area contributed by atoms with Crippen LogP contribution >= 0.6 is 0 Å². The third kappa shape index (κ3) is 7.83. The number of hydrogen-bond donors (Lipinski definition) is 2. The highest BCUT2D eigenvalue weighted by Gasteiger charge is 2.09. The van der Waals surface area contributed by atoms with Gasteiger partial charge in [-0.15, -0.1) is 0 Å². The third-order valence-corrected chi connectivity index (χ3v) is 5.58. The predicted molar refractivity (Wildman–Crippen MR) is 139 cm³/mol. The van der Waals surface area contributed by atoms with Crippen molar-refractivity contribution in [3.05, 3.63) is 119 Å². The van der Waals surface area contributed by atoms with E-state index in [1.54, 1.807) is 66.7 Å². The van der Waals surface area contributed by atoms with Crippen LogP contribution in [0.3, 0.4) is 0 Å². The zero-order valence-electron chi connectivity index (χ0n) is 20.6. The lowest BCUT2D eigenvalue weighted by Crippen LogP contribution is -2.02. The van der Waals surface area contributed by atoms with Gasteiger partial charge in [0.25, 0.3) is 6.47 Å². The Morgan fingerprint density at radius 1 is 0.538 bits per heavy atom. The average Bonchev–Trinajstić information content (AvgIpc) is 2.95. The van der Waals surface area contributed by atoms with Crippen LogP contribution in [0.15, 0.2) is 91.0 Å². The smallest absolute Gasteiger partial charge is 0.335 e. The fourth-order valence-electron chi connectivity index (χ4n) is 3.50. The number of ether oxygens (including phenoxy) is 4. The van der Waals surface area contributed by atoms with Gasteiger partial charge in [0, 0.05) is 18.2 Å². The second kappa shape index (κ2) is 12.8. The van der Waals surface area contributed by atoms with Gasteiger partial charge in [-0.25, -0.2) is 9.59 Å². The van der Waals surface area contributed by atoms with Crippen molar-refractivity contribution in [2.24, 2.45) is 0 Å². The minimum absolute atomic E-state index is 0.187. The Hall–Kier alpha value is -5.31. The maximum Gasteiger partial charge on any atom is 0.335 e. The van der Waals surface area contributed by atoms with Crippen LogP contribution < -0.4 is 18.9 Å². The SMILES string of the molecule is O=COc1ccc(COc2cc(OCc3ccc(C(=O)O)cc3)cc(OCc3ccc(C(=O)O)cc3)c2)cc1. The van der Waals surface area contributed by atoms with Gasteiger partial charge >= 0.3 is 11.9 Å². The van der Waals surface area contributed by atoms with E-state index in [0.717, 1.165) is 16.7 Å². The Labute approximate surface area is 223 Å². The number of aromatic carboxylic acids is 2. The van der Waals surface area contributed by atoms with Crippen molar-refractivity contribution in [2.45, 2.75) is 19.8 Å². The minimum atomic E-state index is -1.00. The highest BCUT2D eigenvalue weighted by molar-refractivity contribution is 5.88. The van der Waals surface area contributed by atoms with Crippen LogP contribution in [0.2, 0.25) is 0 Å². The first-order valence-electron chi connectivity index (χ1n) is 11.8. The Morgan fingerprint density at radius 2 is 0.872 bits per heavy atom. The average molecular weight is 529 g/mol. The Bertz CT molecular complexity index is 1350. The summed E-state index contributed by atoms with van der Waals surface area (Å²) in [6.07, 6.45) is 0. The van der Waals surface area contributed by atoms with Crippen LogP contribution in [0, 0.1) is 0 Å². The van der Waals surface area contributed by atoms with Crippen LogP contribution in [0.5, 0.6) is 23.0 Å². The molecule has 0 saturated heterocycles. The Balaban J connectivity index is 1.47. The molecule has 0 aliphatic heterocycles. The molecule has 198 valence electrons. The maximum absolute atomic E-state index is 11.1. The number of rotatable bonds is 13. The van der Waals surface area contributed by atoms with E-state index in [2.05, 4.69) is 0 Å². The van der Waals surface area contributed by atoms with E-state index in [1.165, 1.54) is 24.3 Å². The van der Waals surface area contributed by atoms with E-state index in [9.17, 15) is 14.4 Å². The van der Waals surface area contributed by atoms with Gasteiger partial charge in [0.2, 0.25) is 0 Å². The normalized spacial score (nSPS) is 10.4. The fraction of sp³-hybridized carbons (Fsp3) is 0.100. The molecule has 0 bridgehead atoms. The summed E-state index contributed by atoms with van der Waals surface area (Å²) >= 11 is 0. The molecule has 0 amide bonds. The van der Waals surface area contributed by atoms with E-state index in [0.29, 0.717) is 29.5 Å². The van der Waals surface area contributed by atoms with Crippen molar-refractivity contribution in [2.75, 3.05) is 0 Å². The van der Waals surface area contributed by atoms with Crippen LogP contribution in [0.1, 0.15) is 37.4 Å². The summed E-state index contributed by atoms with van der Waals surface area (Å²) < 4.78 is 22.6. The molecule has 9 nitrogen and oxygen atoms in total. The van der Waals surface area contributed by atoms with E-state index in [4.69, 9.17) is 29.2 Å². The van der Waals surface area contributed by atoms with Gasteiger partial charge in [0.1, 0.15) is 42.8 Å². The zero-order valence-corrected chi connectivity index (χ0v) is 20.6. The maximum atomic E-state index is 11.1. The van der Waals surface area contributed by atoms with E-state index in [1.807, 2.05) is 0 Å². The van der Waals surface area contributed by atoms with Crippen LogP contribution in [-0.4, -0.2) is 28.6 Å². The molecule has 0 radical (unpaired) electrons. The molecule has 0 aliphatic carbocycles. The first-order chi connectivity index (χ1) is 18.9. The van der Waals surface area contributed by atoms with Gasteiger partial charge in [0.15, 0.2) is 0 Å². The molecule has 2 N–H and O–H groups in total. The summed E-state index contributed by atoms with van der Waals surface area (Å²) in [5.74, 6) is -0.150. The topological polar surface area (TPSA) is 129 Å². The highest BCUT2D eigenvalue weighted by Crippen LogP contribution is 2.30. The van der Waals surface area contributed by atoms with Crippen LogP contribution in [-0.2, 0) is 24.6 Å². The number of carbonyl (C=O) groups is 3. The lowest BCUT2D eigenvalue weighted by molar-refractivity contribution is -0.120. The van der Waals surface area contributed by atoms with Crippen molar-refractivity contribution < 1.29 is 43.5 Å². The van der Waals surface area contributed by atoms with Gasteiger partial charge in [-0.05, 0) is 53.1 Å². The second-order valence-corrected chi connectivity index (χ2v) is 8.37.